The van der Waals surface area contributed by atoms with Gasteiger partial charge in [-0.3, -0.25) is 4.57 Å². The number of carbonyl (C=O) groups is 1. The number of rotatable bonds is 9. The maximum Gasteiger partial charge on any atom is 0.357 e. The van der Waals surface area contributed by atoms with E-state index >= 15 is 0 Å². The second kappa shape index (κ2) is 10.2. The minimum Gasteiger partial charge on any atom is -0.319 e. The normalized spacial score (nSPS) is 12.9. The number of urea groups is 1. The van der Waals surface area contributed by atoms with E-state index in [1.54, 1.807) is 50.2 Å². The van der Waals surface area contributed by atoms with Crippen LogP contribution in [-0.4, -0.2) is 27.7 Å². The number of hydrogen-bond donors (Lipinski definition) is 2. The molecule has 0 bridgehead atoms. The number of benzene rings is 2. The molecule has 2 aromatic carbocycles. The quantitative estimate of drug-likeness (QED) is 0.548. The molecule has 0 aliphatic rings. The van der Waals surface area contributed by atoms with Crippen molar-refractivity contribution in [3.8, 4) is 0 Å². The van der Waals surface area contributed by atoms with Crippen molar-refractivity contribution in [2.24, 2.45) is 0 Å². The Morgan fingerprint density at radius 3 is 1.87 bits per heavy atom. The summed E-state index contributed by atoms with van der Waals surface area (Å²) in [6.45, 7) is 7.19. The van der Waals surface area contributed by atoms with E-state index in [0.29, 0.717) is 5.56 Å². The number of hydrogen-bond acceptors (Lipinski definition) is 6. The van der Waals surface area contributed by atoms with Crippen LogP contribution in [0.5, 0.6) is 0 Å². The van der Waals surface area contributed by atoms with Gasteiger partial charge in [-0.1, -0.05) is 47.5 Å². The van der Waals surface area contributed by atoms with Gasteiger partial charge in [0.25, 0.3) is 10.0 Å². The number of amides is 2. The molecular formula is C20H27N2O6PS. The van der Waals surface area contributed by atoms with Crippen LogP contribution in [0.2, 0.25) is 0 Å². The van der Waals surface area contributed by atoms with E-state index in [2.05, 4.69) is 5.32 Å². The fourth-order valence-electron chi connectivity index (χ4n) is 2.69. The largest absolute Gasteiger partial charge is 0.357 e. The molecule has 0 aliphatic heterocycles. The third kappa shape index (κ3) is 6.15. The number of carbonyl (C=O) groups excluding carboxylic acids is 1. The summed E-state index contributed by atoms with van der Waals surface area (Å²) in [5, 5.41) is 2.46. The first-order valence-corrected chi connectivity index (χ1v) is 12.6. The van der Waals surface area contributed by atoms with Crippen molar-refractivity contribution >= 4 is 23.7 Å². The van der Waals surface area contributed by atoms with Crippen LogP contribution in [0.25, 0.3) is 0 Å². The molecule has 2 rings (SSSR count). The predicted molar refractivity (Wildman–Crippen MR) is 115 cm³/mol. The van der Waals surface area contributed by atoms with Crippen LogP contribution in [0.1, 0.15) is 36.3 Å². The molecule has 0 fully saturated rings. The molecule has 8 nitrogen and oxygen atoms in total. The lowest BCUT2D eigenvalue weighted by molar-refractivity contribution is 0.204. The molecule has 0 saturated heterocycles. The molecule has 0 radical (unpaired) electrons. The van der Waals surface area contributed by atoms with Crippen LogP contribution in [0.3, 0.4) is 0 Å². The van der Waals surface area contributed by atoms with Gasteiger partial charge in [-0.15, -0.1) is 0 Å². The van der Waals surface area contributed by atoms with Crippen LogP contribution in [0.4, 0.5) is 4.79 Å². The Labute approximate surface area is 177 Å². The molecule has 164 valence electrons. The second-order valence-electron chi connectivity index (χ2n) is 6.58. The third-order valence-electron chi connectivity index (χ3n) is 4.15. The molecule has 1 unspecified atom stereocenters. The van der Waals surface area contributed by atoms with Gasteiger partial charge >= 0.3 is 13.6 Å². The van der Waals surface area contributed by atoms with Gasteiger partial charge in [0.1, 0.15) is 0 Å². The smallest absolute Gasteiger partial charge is 0.319 e. The van der Waals surface area contributed by atoms with Crippen molar-refractivity contribution in [3.05, 3.63) is 65.2 Å². The lowest BCUT2D eigenvalue weighted by Crippen LogP contribution is -2.41. The van der Waals surface area contributed by atoms with Crippen LogP contribution >= 0.6 is 7.60 Å². The second-order valence-corrected chi connectivity index (χ2v) is 10.4. The molecular weight excluding hydrogens is 427 g/mol. The first-order chi connectivity index (χ1) is 14.1. The fourth-order valence-corrected chi connectivity index (χ4v) is 5.51. The summed E-state index contributed by atoms with van der Waals surface area (Å²) in [7, 11) is -7.95. The highest BCUT2D eigenvalue weighted by Gasteiger charge is 2.38. The topological polar surface area (TPSA) is 111 Å². The number of sulfonamides is 1. The molecule has 2 amide bonds. The molecule has 2 N–H and O–H groups in total. The molecule has 0 aromatic heterocycles. The average molecular weight is 454 g/mol. The predicted octanol–water partition coefficient (Wildman–Crippen LogP) is 4.26. The maximum atomic E-state index is 13.4. The highest BCUT2D eigenvalue weighted by molar-refractivity contribution is 7.90. The number of nitrogens with one attached hydrogen (secondary N) is 2. The minimum absolute atomic E-state index is 0.0621. The molecule has 0 saturated carbocycles. The fraction of sp³-hybridized carbons (Fsp3) is 0.350. The SMILES string of the molecule is CCOP(=O)(OCC)C(NC(=O)NS(=O)(=O)c1ccc(C)cc1)c1ccc(C)cc1. The van der Waals surface area contributed by atoms with Crippen molar-refractivity contribution in [3.63, 3.8) is 0 Å². The van der Waals surface area contributed by atoms with Gasteiger partial charge in [0.2, 0.25) is 0 Å². The molecule has 0 heterocycles. The van der Waals surface area contributed by atoms with Crippen LogP contribution < -0.4 is 10.0 Å². The van der Waals surface area contributed by atoms with Crippen molar-refractivity contribution in [2.75, 3.05) is 13.2 Å². The standard InChI is InChI=1S/C20H27N2O6PS/c1-5-27-29(24,28-6-2)19(17-11-7-15(3)8-12-17)21-20(23)22-30(25,26)18-13-9-16(4)10-14-18/h7-14,19H,5-6H2,1-4H3,(H2,21,22,23). The van der Waals surface area contributed by atoms with Gasteiger partial charge in [0, 0.05) is 0 Å². The number of aryl methyl sites for hydroxylation is 2. The molecule has 2 aromatic rings. The zero-order chi connectivity index (χ0) is 22.4. The average Bonchev–Trinajstić information content (AvgIpc) is 2.67. The monoisotopic (exact) mass is 454 g/mol. The molecule has 0 aliphatic carbocycles. The zero-order valence-electron chi connectivity index (χ0n) is 17.4. The van der Waals surface area contributed by atoms with E-state index in [0.717, 1.165) is 11.1 Å². The maximum absolute atomic E-state index is 13.4. The Hall–Kier alpha value is -2.19. The lowest BCUT2D eigenvalue weighted by atomic mass is 10.1. The summed E-state index contributed by atoms with van der Waals surface area (Å²) < 4.78 is 51.1. The van der Waals surface area contributed by atoms with E-state index in [1.165, 1.54) is 12.1 Å². The first-order valence-electron chi connectivity index (χ1n) is 9.46. The summed E-state index contributed by atoms with van der Waals surface area (Å²) >= 11 is 0. The van der Waals surface area contributed by atoms with Crippen LogP contribution in [0, 0.1) is 13.8 Å². The van der Waals surface area contributed by atoms with E-state index in [1.807, 2.05) is 18.6 Å². The van der Waals surface area contributed by atoms with Crippen LogP contribution in [0.15, 0.2) is 53.4 Å². The van der Waals surface area contributed by atoms with Gasteiger partial charge in [-0.05, 0) is 45.4 Å². The first kappa shape index (κ1) is 24.1. The highest BCUT2D eigenvalue weighted by Crippen LogP contribution is 2.59. The summed E-state index contributed by atoms with van der Waals surface area (Å²) in [6, 6.07) is 11.9. The van der Waals surface area contributed by atoms with Crippen LogP contribution in [-0.2, 0) is 23.6 Å². The minimum atomic E-state index is -4.11. The Bertz CT molecular complexity index is 997. The van der Waals surface area contributed by atoms with Gasteiger partial charge < -0.3 is 14.4 Å². The molecule has 10 heteroatoms. The van der Waals surface area contributed by atoms with E-state index < -0.39 is 29.4 Å². The van der Waals surface area contributed by atoms with Gasteiger partial charge in [-0.25, -0.2) is 17.9 Å². The van der Waals surface area contributed by atoms with Crippen molar-refractivity contribution in [2.45, 2.75) is 38.4 Å². The summed E-state index contributed by atoms with van der Waals surface area (Å²) in [5.74, 6) is -1.19. The van der Waals surface area contributed by atoms with Gasteiger partial charge in [0.05, 0.1) is 18.1 Å². The summed E-state index contributed by atoms with van der Waals surface area (Å²) in [6.07, 6.45) is 0. The van der Waals surface area contributed by atoms with Crippen molar-refractivity contribution in [1.29, 1.82) is 0 Å². The zero-order valence-corrected chi connectivity index (χ0v) is 19.1. The Morgan fingerprint density at radius 2 is 1.40 bits per heavy atom. The Morgan fingerprint density at radius 1 is 0.933 bits per heavy atom. The van der Waals surface area contributed by atoms with E-state index in [-0.39, 0.29) is 18.1 Å². The van der Waals surface area contributed by atoms with E-state index in [4.69, 9.17) is 9.05 Å². The van der Waals surface area contributed by atoms with Gasteiger partial charge in [0.15, 0.2) is 5.78 Å². The molecule has 0 spiro atoms. The lowest BCUT2D eigenvalue weighted by Gasteiger charge is -2.27. The molecule has 30 heavy (non-hydrogen) atoms. The van der Waals surface area contributed by atoms with E-state index in [9.17, 15) is 17.8 Å². The Balaban J connectivity index is 2.32. The Kier molecular flexibility index (Phi) is 8.20. The van der Waals surface area contributed by atoms with Gasteiger partial charge in [-0.2, -0.15) is 0 Å². The van der Waals surface area contributed by atoms with Crippen molar-refractivity contribution in [1.82, 2.24) is 10.0 Å². The highest BCUT2D eigenvalue weighted by atomic mass is 32.2. The molecule has 1 atom stereocenters. The summed E-state index contributed by atoms with van der Waals surface area (Å²) in [4.78, 5) is 12.5. The third-order valence-corrected chi connectivity index (χ3v) is 7.80. The summed E-state index contributed by atoms with van der Waals surface area (Å²) in [5.41, 5.74) is 2.31. The van der Waals surface area contributed by atoms with Crippen molar-refractivity contribution < 1.29 is 26.8 Å².